The van der Waals surface area contributed by atoms with Gasteiger partial charge in [0.2, 0.25) is 0 Å². The summed E-state index contributed by atoms with van der Waals surface area (Å²) in [5, 5.41) is 4.96. The second-order valence-corrected chi connectivity index (χ2v) is 14.7. The molecular weight excluding hydrogens is 693 g/mol. The van der Waals surface area contributed by atoms with E-state index in [0.717, 1.165) is 39.3 Å². The van der Waals surface area contributed by atoms with Crippen LogP contribution in [0.2, 0.25) is 0 Å². The molecular formula is C53H36N4. The van der Waals surface area contributed by atoms with Crippen LogP contribution in [0.3, 0.4) is 0 Å². The molecule has 0 aliphatic carbocycles. The zero-order valence-electron chi connectivity index (χ0n) is 31.3. The zero-order chi connectivity index (χ0) is 37.9. The van der Waals surface area contributed by atoms with Crippen molar-refractivity contribution in [2.24, 2.45) is 0 Å². The van der Waals surface area contributed by atoms with Crippen LogP contribution < -0.4 is 0 Å². The number of fused-ring (bicyclic) bond motifs is 6. The van der Waals surface area contributed by atoms with Crippen LogP contribution in [0, 0.1) is 6.92 Å². The molecule has 0 aliphatic heterocycles. The summed E-state index contributed by atoms with van der Waals surface area (Å²) in [5.74, 6) is 0.701. The third-order valence-corrected chi connectivity index (χ3v) is 11.2. The Morgan fingerprint density at radius 3 is 1.40 bits per heavy atom. The molecule has 11 rings (SSSR count). The van der Waals surface area contributed by atoms with Crippen molar-refractivity contribution in [2.45, 2.75) is 6.92 Å². The summed E-state index contributed by atoms with van der Waals surface area (Å²) in [5.41, 5.74) is 15.5. The predicted molar refractivity (Wildman–Crippen MR) is 237 cm³/mol. The van der Waals surface area contributed by atoms with Gasteiger partial charge in [-0.25, -0.2) is 9.97 Å². The lowest BCUT2D eigenvalue weighted by molar-refractivity contribution is 1.16. The van der Waals surface area contributed by atoms with Crippen molar-refractivity contribution >= 4 is 43.6 Å². The van der Waals surface area contributed by atoms with Gasteiger partial charge >= 0.3 is 0 Å². The topological polar surface area (TPSA) is 35.6 Å². The molecule has 0 saturated carbocycles. The number of aromatic nitrogens is 4. The first-order valence-electron chi connectivity index (χ1n) is 19.4. The first kappa shape index (κ1) is 32.8. The van der Waals surface area contributed by atoms with Crippen molar-refractivity contribution in [1.29, 1.82) is 0 Å². The molecule has 0 radical (unpaired) electrons. The molecule has 0 aliphatic rings. The zero-order valence-corrected chi connectivity index (χ0v) is 31.3. The molecule has 0 fully saturated rings. The Hall–Kier alpha value is -7.56. The highest BCUT2D eigenvalue weighted by Gasteiger charge is 2.17. The molecule has 4 nitrogen and oxygen atoms in total. The average Bonchev–Trinajstić information content (AvgIpc) is 3.79. The summed E-state index contributed by atoms with van der Waals surface area (Å²) in [6.07, 6.45) is 0. The van der Waals surface area contributed by atoms with Crippen LogP contribution in [0.15, 0.2) is 200 Å². The van der Waals surface area contributed by atoms with Crippen LogP contribution in [-0.2, 0) is 0 Å². The number of hydrogen-bond acceptors (Lipinski definition) is 2. The highest BCUT2D eigenvalue weighted by atomic mass is 15.0. The molecule has 11 aromatic rings. The lowest BCUT2D eigenvalue weighted by atomic mass is 10.0. The summed E-state index contributed by atoms with van der Waals surface area (Å²) in [6.45, 7) is 2.14. The average molecular weight is 729 g/mol. The van der Waals surface area contributed by atoms with E-state index in [2.05, 4.69) is 180 Å². The maximum Gasteiger partial charge on any atom is 0.160 e. The van der Waals surface area contributed by atoms with Crippen molar-refractivity contribution < 1.29 is 0 Å². The van der Waals surface area contributed by atoms with Gasteiger partial charge in [0.05, 0.1) is 33.5 Å². The highest BCUT2D eigenvalue weighted by molar-refractivity contribution is 6.12. The molecule has 0 saturated heterocycles. The Morgan fingerprint density at radius 2 is 0.772 bits per heavy atom. The number of hydrogen-bond donors (Lipinski definition) is 0. The maximum absolute atomic E-state index is 5.07. The van der Waals surface area contributed by atoms with Gasteiger partial charge in [-0.1, -0.05) is 133 Å². The van der Waals surface area contributed by atoms with Gasteiger partial charge in [-0.05, 0) is 90.8 Å². The van der Waals surface area contributed by atoms with E-state index in [1.165, 1.54) is 60.5 Å². The van der Waals surface area contributed by atoms with Crippen LogP contribution in [-0.4, -0.2) is 19.1 Å². The van der Waals surface area contributed by atoms with Crippen LogP contribution in [0.25, 0.3) is 100 Å². The largest absolute Gasteiger partial charge is 0.309 e. The smallest absolute Gasteiger partial charge is 0.160 e. The van der Waals surface area contributed by atoms with E-state index in [9.17, 15) is 0 Å². The van der Waals surface area contributed by atoms with Gasteiger partial charge in [-0.15, -0.1) is 0 Å². The molecule has 268 valence electrons. The van der Waals surface area contributed by atoms with E-state index in [0.29, 0.717) is 5.82 Å². The third-order valence-electron chi connectivity index (χ3n) is 11.2. The number of nitrogens with zero attached hydrogens (tertiary/aromatic N) is 4. The Balaban J connectivity index is 1.01. The van der Waals surface area contributed by atoms with Gasteiger partial charge in [-0.3, -0.25) is 0 Å². The minimum absolute atomic E-state index is 0.701. The van der Waals surface area contributed by atoms with Gasteiger partial charge in [0, 0.05) is 49.6 Å². The fourth-order valence-corrected chi connectivity index (χ4v) is 8.40. The fraction of sp³-hybridized carbons (Fsp3) is 0.0189. The molecule has 3 heterocycles. The van der Waals surface area contributed by atoms with Crippen LogP contribution in [0.1, 0.15) is 5.56 Å². The molecule has 3 aromatic heterocycles. The van der Waals surface area contributed by atoms with Crippen molar-refractivity contribution in [3.8, 4) is 56.4 Å². The van der Waals surface area contributed by atoms with Crippen molar-refractivity contribution in [1.82, 2.24) is 19.1 Å². The minimum atomic E-state index is 0.701. The molecule has 4 heteroatoms. The van der Waals surface area contributed by atoms with Crippen LogP contribution >= 0.6 is 0 Å². The fourth-order valence-electron chi connectivity index (χ4n) is 8.40. The van der Waals surface area contributed by atoms with Crippen LogP contribution in [0.4, 0.5) is 0 Å². The Kier molecular flexibility index (Phi) is 7.68. The first-order valence-corrected chi connectivity index (χ1v) is 19.4. The lowest BCUT2D eigenvalue weighted by Crippen LogP contribution is -1.97. The van der Waals surface area contributed by atoms with E-state index in [4.69, 9.17) is 9.97 Å². The Labute approximate surface area is 330 Å². The van der Waals surface area contributed by atoms with E-state index in [1.807, 2.05) is 36.4 Å². The van der Waals surface area contributed by atoms with E-state index < -0.39 is 0 Å². The van der Waals surface area contributed by atoms with Crippen LogP contribution in [0.5, 0.6) is 0 Å². The molecule has 0 amide bonds. The van der Waals surface area contributed by atoms with Crippen molar-refractivity contribution in [3.05, 3.63) is 206 Å². The SMILES string of the molecule is Cc1ccc(-n2c3ccccc3c3ccc(-c4ccc5c(c4)c4ccccc4n5-c4ccc(-c5nc(-c6ccccc6)cc(-c6ccccc6)n5)cc4)cc32)cc1. The maximum atomic E-state index is 5.07. The molecule has 0 bridgehead atoms. The summed E-state index contributed by atoms with van der Waals surface area (Å²) < 4.78 is 4.76. The monoisotopic (exact) mass is 728 g/mol. The molecule has 0 N–H and O–H groups in total. The quantitative estimate of drug-likeness (QED) is 0.171. The Morgan fingerprint density at radius 1 is 0.316 bits per heavy atom. The second-order valence-electron chi connectivity index (χ2n) is 14.7. The van der Waals surface area contributed by atoms with Gasteiger partial charge < -0.3 is 9.13 Å². The lowest BCUT2D eigenvalue weighted by Gasteiger charge is -2.12. The Bertz CT molecular complexity index is 3210. The van der Waals surface area contributed by atoms with Gasteiger partial charge in [0.1, 0.15) is 0 Å². The summed E-state index contributed by atoms with van der Waals surface area (Å²) in [4.78, 5) is 10.1. The summed E-state index contributed by atoms with van der Waals surface area (Å²) in [6, 6.07) is 71.4. The molecule has 0 spiro atoms. The van der Waals surface area contributed by atoms with Gasteiger partial charge in [-0.2, -0.15) is 0 Å². The van der Waals surface area contributed by atoms with E-state index in [1.54, 1.807) is 0 Å². The number of rotatable bonds is 6. The number of benzene rings is 8. The molecule has 0 unspecified atom stereocenters. The van der Waals surface area contributed by atoms with Crippen molar-refractivity contribution in [2.75, 3.05) is 0 Å². The first-order chi connectivity index (χ1) is 28.2. The highest BCUT2D eigenvalue weighted by Crippen LogP contribution is 2.38. The standard InChI is InChI=1S/C53H36N4/c1-35-20-26-41(27-21-35)57-49-18-10-8-16-43(49)45-30-24-40(33-52(45)57)39-25-31-51-46(32-39)44-17-9-11-19-50(44)56(51)42-28-22-38(23-29-42)53-54-47(36-12-4-2-5-13-36)34-48(55-53)37-14-6-3-7-15-37/h2-34H,1H3. The molecule has 0 atom stereocenters. The van der Waals surface area contributed by atoms with E-state index >= 15 is 0 Å². The van der Waals surface area contributed by atoms with Gasteiger partial charge in [0.25, 0.3) is 0 Å². The molecule has 57 heavy (non-hydrogen) atoms. The summed E-state index contributed by atoms with van der Waals surface area (Å²) in [7, 11) is 0. The normalized spacial score (nSPS) is 11.6. The second kappa shape index (κ2) is 13.3. The summed E-state index contributed by atoms with van der Waals surface area (Å²) >= 11 is 0. The minimum Gasteiger partial charge on any atom is -0.309 e. The van der Waals surface area contributed by atoms with E-state index in [-0.39, 0.29) is 0 Å². The van der Waals surface area contributed by atoms with Gasteiger partial charge in [0.15, 0.2) is 5.82 Å². The number of para-hydroxylation sites is 2. The number of aryl methyl sites for hydroxylation is 1. The van der Waals surface area contributed by atoms with Crippen molar-refractivity contribution in [3.63, 3.8) is 0 Å². The third kappa shape index (κ3) is 5.61. The predicted octanol–water partition coefficient (Wildman–Crippen LogP) is 13.6. The molecule has 8 aromatic carbocycles.